The van der Waals surface area contributed by atoms with Gasteiger partial charge in [-0.25, -0.2) is 9.37 Å². The van der Waals surface area contributed by atoms with Crippen LogP contribution in [0.4, 0.5) is 4.39 Å². The zero-order valence-corrected chi connectivity index (χ0v) is 15.5. The molecule has 0 saturated carbocycles. The van der Waals surface area contributed by atoms with E-state index >= 15 is 0 Å². The fourth-order valence-corrected chi connectivity index (χ4v) is 4.09. The highest BCUT2D eigenvalue weighted by atomic mass is 19.1. The number of rotatable bonds is 2. The van der Waals surface area contributed by atoms with Crippen molar-refractivity contribution in [2.75, 3.05) is 13.1 Å². The molecule has 5 nitrogen and oxygen atoms in total. The molecule has 5 rings (SSSR count). The largest absolute Gasteiger partial charge is 0.317 e. The molecule has 4 heterocycles. The number of fused-ring (bicyclic) bond motifs is 2. The molecule has 1 aromatic carbocycles. The third-order valence-electron chi connectivity index (χ3n) is 5.45. The van der Waals surface area contributed by atoms with Gasteiger partial charge in [-0.1, -0.05) is 0 Å². The van der Waals surface area contributed by atoms with Gasteiger partial charge < -0.3 is 9.72 Å². The van der Waals surface area contributed by atoms with E-state index in [0.717, 1.165) is 59.3 Å². The van der Waals surface area contributed by atoms with Crippen molar-refractivity contribution in [3.63, 3.8) is 0 Å². The first-order valence-corrected chi connectivity index (χ1v) is 9.44. The minimum Gasteiger partial charge on any atom is -0.317 e. The van der Waals surface area contributed by atoms with E-state index in [1.165, 1.54) is 0 Å². The lowest BCUT2D eigenvalue weighted by Gasteiger charge is -2.22. The number of benzene rings is 1. The molecule has 0 aliphatic carbocycles. The number of pyridine rings is 1. The Bertz CT molecular complexity index is 1150. The lowest BCUT2D eigenvalue weighted by Crippen LogP contribution is -2.29. The number of aromatic nitrogens is 4. The first-order valence-electron chi connectivity index (χ1n) is 9.44. The number of piperidine rings is 1. The van der Waals surface area contributed by atoms with Gasteiger partial charge in [0.05, 0.1) is 11.7 Å². The summed E-state index contributed by atoms with van der Waals surface area (Å²) >= 11 is 0. The van der Waals surface area contributed by atoms with Gasteiger partial charge in [-0.05, 0) is 74.7 Å². The standard InChI is InChI=1S/C21H22FN5/c1-13-7-16(11-26-10-14(2)24-21(13)26)15-8-17-12-27(18-3-5-23-6-4-18)25-20(17)19(22)9-15/h7-12,18,23H,3-6H2,1-2H3. The average molecular weight is 363 g/mol. The number of hydrogen-bond donors (Lipinski definition) is 1. The summed E-state index contributed by atoms with van der Waals surface area (Å²) in [5, 5.41) is 8.75. The van der Waals surface area contributed by atoms with Gasteiger partial charge in [0.2, 0.25) is 0 Å². The number of halogens is 1. The molecule has 27 heavy (non-hydrogen) atoms. The van der Waals surface area contributed by atoms with Crippen molar-refractivity contribution in [2.45, 2.75) is 32.7 Å². The predicted molar refractivity (Wildman–Crippen MR) is 104 cm³/mol. The molecule has 0 bridgehead atoms. The molecular weight excluding hydrogens is 341 g/mol. The van der Waals surface area contributed by atoms with Crippen LogP contribution in [0.25, 0.3) is 27.7 Å². The SMILES string of the molecule is Cc1cn2cc(-c3cc(F)c4nn(C5CCNCC5)cc4c3)cc(C)c2n1. The van der Waals surface area contributed by atoms with Crippen LogP contribution in [0.2, 0.25) is 0 Å². The molecule has 1 aliphatic heterocycles. The highest BCUT2D eigenvalue weighted by molar-refractivity contribution is 5.85. The second kappa shape index (κ2) is 6.16. The van der Waals surface area contributed by atoms with Gasteiger partial charge in [-0.3, -0.25) is 4.68 Å². The molecular formula is C21H22FN5. The third-order valence-corrected chi connectivity index (χ3v) is 5.45. The smallest absolute Gasteiger partial charge is 0.151 e. The van der Waals surface area contributed by atoms with Gasteiger partial charge >= 0.3 is 0 Å². The van der Waals surface area contributed by atoms with Gasteiger partial charge in [0.25, 0.3) is 0 Å². The van der Waals surface area contributed by atoms with E-state index in [2.05, 4.69) is 21.5 Å². The summed E-state index contributed by atoms with van der Waals surface area (Å²) in [5.41, 5.74) is 5.28. The Hall–Kier alpha value is -2.73. The minimum atomic E-state index is -0.269. The van der Waals surface area contributed by atoms with Crippen LogP contribution >= 0.6 is 0 Å². The van der Waals surface area contributed by atoms with Crippen LogP contribution in [0.1, 0.15) is 30.1 Å². The molecule has 3 aromatic heterocycles. The summed E-state index contributed by atoms with van der Waals surface area (Å²) in [4.78, 5) is 4.54. The van der Waals surface area contributed by atoms with E-state index in [-0.39, 0.29) is 5.82 Å². The van der Waals surface area contributed by atoms with E-state index in [4.69, 9.17) is 0 Å². The Kier molecular flexibility index (Phi) is 3.75. The second-order valence-corrected chi connectivity index (χ2v) is 7.51. The molecule has 1 N–H and O–H groups in total. The van der Waals surface area contributed by atoms with Crippen LogP contribution in [-0.4, -0.2) is 32.3 Å². The normalized spacial score (nSPS) is 15.8. The first kappa shape index (κ1) is 16.4. The predicted octanol–water partition coefficient (Wildman–Crippen LogP) is 4.03. The third kappa shape index (κ3) is 2.80. The number of imidazole rings is 1. The van der Waals surface area contributed by atoms with E-state index in [0.29, 0.717) is 11.6 Å². The Morgan fingerprint density at radius 1 is 1.04 bits per heavy atom. The van der Waals surface area contributed by atoms with Gasteiger partial charge in [-0.2, -0.15) is 5.10 Å². The van der Waals surface area contributed by atoms with Gasteiger partial charge in [0.1, 0.15) is 11.2 Å². The van der Waals surface area contributed by atoms with Crippen LogP contribution in [0.3, 0.4) is 0 Å². The maximum Gasteiger partial charge on any atom is 0.151 e. The molecule has 1 saturated heterocycles. The fourth-order valence-electron chi connectivity index (χ4n) is 4.09. The Morgan fingerprint density at radius 2 is 1.85 bits per heavy atom. The second-order valence-electron chi connectivity index (χ2n) is 7.51. The van der Waals surface area contributed by atoms with E-state index in [1.54, 1.807) is 6.07 Å². The zero-order valence-electron chi connectivity index (χ0n) is 15.5. The zero-order chi connectivity index (χ0) is 18.5. The Balaban J connectivity index is 1.61. The van der Waals surface area contributed by atoms with Crippen molar-refractivity contribution in [1.29, 1.82) is 0 Å². The number of nitrogens with one attached hydrogen (secondary N) is 1. The number of hydrogen-bond acceptors (Lipinski definition) is 3. The Labute approximate surface area is 156 Å². The lowest BCUT2D eigenvalue weighted by atomic mass is 10.0. The summed E-state index contributed by atoms with van der Waals surface area (Å²) in [6.07, 6.45) is 8.05. The quantitative estimate of drug-likeness (QED) is 0.585. The molecule has 6 heteroatoms. The monoisotopic (exact) mass is 363 g/mol. The maximum atomic E-state index is 14.8. The molecule has 0 unspecified atom stereocenters. The van der Waals surface area contributed by atoms with Crippen LogP contribution in [0.5, 0.6) is 0 Å². The number of nitrogens with zero attached hydrogens (tertiary/aromatic N) is 4. The van der Waals surface area contributed by atoms with Gasteiger partial charge in [0.15, 0.2) is 5.82 Å². The van der Waals surface area contributed by atoms with Crippen molar-refractivity contribution in [1.82, 2.24) is 24.5 Å². The van der Waals surface area contributed by atoms with Crippen LogP contribution < -0.4 is 5.32 Å². The molecule has 0 amide bonds. The molecule has 4 aromatic rings. The summed E-state index contributed by atoms with van der Waals surface area (Å²) in [7, 11) is 0. The van der Waals surface area contributed by atoms with Crippen LogP contribution in [-0.2, 0) is 0 Å². The van der Waals surface area contributed by atoms with Crippen LogP contribution in [0, 0.1) is 19.7 Å². The average Bonchev–Trinajstić information content (AvgIpc) is 3.26. The van der Waals surface area contributed by atoms with E-state index in [9.17, 15) is 4.39 Å². The van der Waals surface area contributed by atoms with Crippen molar-refractivity contribution >= 4 is 16.6 Å². The summed E-state index contributed by atoms with van der Waals surface area (Å²) < 4.78 is 18.8. The van der Waals surface area contributed by atoms with Crippen molar-refractivity contribution < 1.29 is 4.39 Å². The molecule has 138 valence electrons. The molecule has 0 spiro atoms. The minimum absolute atomic E-state index is 0.269. The highest BCUT2D eigenvalue weighted by Crippen LogP contribution is 2.29. The van der Waals surface area contributed by atoms with Gasteiger partial charge in [0, 0.05) is 24.0 Å². The number of aryl methyl sites for hydroxylation is 2. The maximum absolute atomic E-state index is 14.8. The highest BCUT2D eigenvalue weighted by Gasteiger charge is 2.18. The first-order chi connectivity index (χ1) is 13.1. The van der Waals surface area contributed by atoms with Crippen molar-refractivity contribution in [2.24, 2.45) is 0 Å². The van der Waals surface area contributed by atoms with Crippen LogP contribution in [0.15, 0.2) is 36.8 Å². The Morgan fingerprint density at radius 3 is 2.67 bits per heavy atom. The van der Waals surface area contributed by atoms with E-state index < -0.39 is 0 Å². The summed E-state index contributed by atoms with van der Waals surface area (Å²) in [6.45, 7) is 5.98. The summed E-state index contributed by atoms with van der Waals surface area (Å²) in [5.74, 6) is -0.269. The van der Waals surface area contributed by atoms with Crippen molar-refractivity contribution in [3.05, 3.63) is 53.9 Å². The lowest BCUT2D eigenvalue weighted by molar-refractivity contribution is 0.344. The molecule has 1 aliphatic rings. The molecule has 1 fully saturated rings. The van der Waals surface area contributed by atoms with E-state index in [1.807, 2.05) is 47.6 Å². The fraction of sp³-hybridized carbons (Fsp3) is 0.333. The van der Waals surface area contributed by atoms with Gasteiger partial charge in [-0.15, -0.1) is 0 Å². The molecule has 0 atom stereocenters. The van der Waals surface area contributed by atoms with Crippen molar-refractivity contribution in [3.8, 4) is 11.1 Å². The molecule has 0 radical (unpaired) electrons. The summed E-state index contributed by atoms with van der Waals surface area (Å²) in [6, 6.07) is 6.04. The topological polar surface area (TPSA) is 47.1 Å².